The predicted molar refractivity (Wildman–Crippen MR) is 149 cm³/mol. The van der Waals surface area contributed by atoms with Crippen LogP contribution >= 0.6 is 11.6 Å². The lowest BCUT2D eigenvalue weighted by atomic mass is 9.84. The molecule has 0 aliphatic carbocycles. The number of carbonyl (C=O) groups is 1. The molecule has 1 unspecified atom stereocenters. The second kappa shape index (κ2) is 12.9. The minimum absolute atomic E-state index is 0.0653. The number of benzene rings is 2. The number of aliphatic hydroxyl groups excluding tert-OH is 1. The fraction of sp³-hybridized carbons (Fsp3) is 0.444. The number of aromatic nitrogens is 3. The van der Waals surface area contributed by atoms with Gasteiger partial charge in [0.25, 0.3) is 5.95 Å². The van der Waals surface area contributed by atoms with Gasteiger partial charge < -0.3 is 18.8 Å². The lowest BCUT2D eigenvalue weighted by Gasteiger charge is -2.25. The van der Waals surface area contributed by atoms with E-state index in [0.29, 0.717) is 23.7 Å². The molecule has 3 aromatic rings. The number of ether oxygens (including phenoxy) is 2. The van der Waals surface area contributed by atoms with Gasteiger partial charge in [0.15, 0.2) is 0 Å². The third kappa shape index (κ3) is 6.51. The highest BCUT2D eigenvalue weighted by Gasteiger charge is 2.30. The van der Waals surface area contributed by atoms with E-state index in [0.717, 1.165) is 44.9 Å². The first-order valence-corrected chi connectivity index (χ1v) is 14.9. The highest BCUT2D eigenvalue weighted by molar-refractivity contribution is 7.84. The highest BCUT2D eigenvalue weighted by atomic mass is 35.5. The van der Waals surface area contributed by atoms with Gasteiger partial charge in [-0.3, -0.25) is 4.79 Å². The van der Waals surface area contributed by atoms with E-state index in [4.69, 9.17) is 21.1 Å². The van der Waals surface area contributed by atoms with Crippen LogP contribution in [0.1, 0.15) is 54.4 Å². The summed E-state index contributed by atoms with van der Waals surface area (Å²) in [4.78, 5) is 12.7. The fourth-order valence-corrected chi connectivity index (χ4v) is 5.95. The summed E-state index contributed by atoms with van der Waals surface area (Å²) in [5.41, 5.74) is 4.75. The number of esters is 1. The first-order chi connectivity index (χ1) is 19.2. The smallest absolute Gasteiger partial charge is 0.388 e. The largest absolute Gasteiger partial charge is 0.496 e. The van der Waals surface area contributed by atoms with Crippen molar-refractivity contribution in [3.8, 4) is 5.75 Å². The minimum Gasteiger partial charge on any atom is -0.496 e. The van der Waals surface area contributed by atoms with Crippen LogP contribution in [-0.2, 0) is 37.1 Å². The minimum atomic E-state index is -4.18. The van der Waals surface area contributed by atoms with Crippen LogP contribution in [0.5, 0.6) is 5.75 Å². The quantitative estimate of drug-likeness (QED) is 0.185. The number of carbonyl (C=O) groups excluding carboxylic acids is 1. The van der Waals surface area contributed by atoms with E-state index >= 15 is 0 Å². The molecule has 11 nitrogen and oxygen atoms in total. The summed E-state index contributed by atoms with van der Waals surface area (Å²) in [5.74, 6) is -0.368. The van der Waals surface area contributed by atoms with E-state index in [2.05, 4.69) is 14.5 Å². The molecule has 1 atom stereocenters. The monoisotopic (exact) mass is 592 g/mol. The number of methoxy groups -OCH3 is 1. The predicted octanol–water partition coefficient (Wildman–Crippen LogP) is 4.33. The molecule has 216 valence electrons. The Kier molecular flexibility index (Phi) is 9.54. The standard InChI is InChI=1S/C27H33ClN4O7S/c1-4-38-26(34)16-22(21-8-9-23-27(18(21)2)29-30-32(23)13-6-5-12-28)19-7-10-24(37-3)20(15-19)17-31-14-11-25(33)39-40(31,35)36/h7-11,15,22,33H,4-6,12-14,16-17H2,1-3H3. The van der Waals surface area contributed by atoms with E-state index < -0.39 is 22.2 Å². The molecule has 1 N–H and O–H groups in total. The zero-order valence-corrected chi connectivity index (χ0v) is 24.2. The van der Waals surface area contributed by atoms with Crippen molar-refractivity contribution in [1.82, 2.24) is 19.3 Å². The number of nitrogens with zero attached hydrogens (tertiary/aromatic N) is 4. The molecule has 0 saturated carbocycles. The van der Waals surface area contributed by atoms with Gasteiger partial charge >= 0.3 is 16.3 Å². The van der Waals surface area contributed by atoms with Crippen LogP contribution in [-0.4, -0.2) is 64.9 Å². The van der Waals surface area contributed by atoms with Crippen LogP contribution < -0.4 is 4.74 Å². The molecule has 1 aliphatic heterocycles. The summed E-state index contributed by atoms with van der Waals surface area (Å²) < 4.78 is 43.4. The number of rotatable bonds is 12. The van der Waals surface area contributed by atoms with Crippen molar-refractivity contribution in [3.05, 3.63) is 64.6 Å². The topological polar surface area (TPSA) is 133 Å². The van der Waals surface area contributed by atoms with Crippen molar-refractivity contribution in [2.45, 2.75) is 52.1 Å². The number of hydrogen-bond donors (Lipinski definition) is 1. The number of unbranched alkanes of at least 4 members (excludes halogenated alkanes) is 1. The summed E-state index contributed by atoms with van der Waals surface area (Å²) in [6, 6.07) is 9.35. The first-order valence-electron chi connectivity index (χ1n) is 13.0. The molecule has 0 bridgehead atoms. The zero-order chi connectivity index (χ0) is 28.9. The number of fused-ring (bicyclic) bond motifs is 1. The van der Waals surface area contributed by atoms with Crippen molar-refractivity contribution in [1.29, 1.82) is 0 Å². The van der Waals surface area contributed by atoms with Crippen molar-refractivity contribution in [2.75, 3.05) is 26.1 Å². The number of aryl methyl sites for hydroxylation is 2. The third-order valence-electron chi connectivity index (χ3n) is 6.82. The lowest BCUT2D eigenvalue weighted by molar-refractivity contribution is -0.143. The number of halogens is 1. The van der Waals surface area contributed by atoms with Crippen LogP contribution in [0, 0.1) is 6.92 Å². The molecule has 13 heteroatoms. The summed E-state index contributed by atoms with van der Waals surface area (Å²) in [6.45, 7) is 4.53. The average molecular weight is 593 g/mol. The SMILES string of the molecule is CCOC(=O)CC(c1ccc(OC)c(CN2CC=C(O)OS2(=O)=O)c1)c1ccc2c(nnn2CCCCCl)c1C. The maximum absolute atomic E-state index is 12.7. The van der Waals surface area contributed by atoms with Crippen LogP contribution in [0.4, 0.5) is 0 Å². The maximum atomic E-state index is 12.7. The van der Waals surface area contributed by atoms with Gasteiger partial charge in [0.05, 0.1) is 25.7 Å². The van der Waals surface area contributed by atoms with Crippen molar-refractivity contribution < 1.29 is 32.0 Å². The summed E-state index contributed by atoms with van der Waals surface area (Å²) in [5, 5.41) is 18.3. The summed E-state index contributed by atoms with van der Waals surface area (Å²) >= 11 is 5.83. The Labute approximate surface area is 238 Å². The molecule has 4 rings (SSSR count). The Morgan fingerprint density at radius 3 is 2.75 bits per heavy atom. The molecule has 40 heavy (non-hydrogen) atoms. The Balaban J connectivity index is 1.74. The van der Waals surface area contributed by atoms with E-state index in [9.17, 15) is 18.3 Å². The van der Waals surface area contributed by atoms with Crippen LogP contribution in [0.2, 0.25) is 0 Å². The maximum Gasteiger partial charge on any atom is 0.388 e. The van der Waals surface area contributed by atoms with Crippen molar-refractivity contribution in [2.24, 2.45) is 0 Å². The molecule has 0 saturated heterocycles. The van der Waals surface area contributed by atoms with Gasteiger partial charge in [-0.1, -0.05) is 23.4 Å². The van der Waals surface area contributed by atoms with Gasteiger partial charge in [-0.15, -0.1) is 16.7 Å². The molecule has 0 spiro atoms. The van der Waals surface area contributed by atoms with Crippen molar-refractivity contribution >= 4 is 38.9 Å². The Morgan fingerprint density at radius 1 is 1.25 bits per heavy atom. The number of alkyl halides is 1. The van der Waals surface area contributed by atoms with Gasteiger partial charge in [-0.2, -0.15) is 12.7 Å². The molecule has 0 amide bonds. The van der Waals surface area contributed by atoms with E-state index in [1.54, 1.807) is 13.0 Å². The molecule has 1 aliphatic rings. The van der Waals surface area contributed by atoms with E-state index in [1.807, 2.05) is 35.9 Å². The summed E-state index contributed by atoms with van der Waals surface area (Å²) in [6.07, 6.45) is 3.10. The lowest BCUT2D eigenvalue weighted by Crippen LogP contribution is -2.35. The molecular weight excluding hydrogens is 560 g/mol. The normalized spacial score (nSPS) is 15.8. The highest BCUT2D eigenvalue weighted by Crippen LogP contribution is 2.36. The van der Waals surface area contributed by atoms with E-state index in [1.165, 1.54) is 13.2 Å². The molecule has 0 radical (unpaired) electrons. The zero-order valence-electron chi connectivity index (χ0n) is 22.7. The third-order valence-corrected chi connectivity index (χ3v) is 8.38. The van der Waals surface area contributed by atoms with Gasteiger partial charge in [0.1, 0.15) is 11.3 Å². The van der Waals surface area contributed by atoms with Crippen LogP contribution in [0.25, 0.3) is 11.0 Å². The molecule has 2 aromatic carbocycles. The van der Waals surface area contributed by atoms with E-state index in [-0.39, 0.29) is 32.1 Å². The van der Waals surface area contributed by atoms with Gasteiger partial charge in [-0.25, -0.2) is 4.68 Å². The van der Waals surface area contributed by atoms with Crippen LogP contribution in [0.15, 0.2) is 42.4 Å². The Bertz CT molecular complexity index is 1510. The molecule has 1 aromatic heterocycles. The number of hydrogen-bond acceptors (Lipinski definition) is 9. The van der Waals surface area contributed by atoms with Gasteiger partial charge in [0, 0.05) is 43.1 Å². The van der Waals surface area contributed by atoms with Crippen molar-refractivity contribution in [3.63, 3.8) is 0 Å². The Morgan fingerprint density at radius 2 is 2.05 bits per heavy atom. The summed E-state index contributed by atoms with van der Waals surface area (Å²) in [7, 11) is -2.69. The molecule has 0 fully saturated rings. The van der Waals surface area contributed by atoms with Gasteiger partial charge in [-0.05, 0) is 55.5 Å². The second-order valence-corrected chi connectivity index (χ2v) is 11.3. The first kappa shape index (κ1) is 29.6. The average Bonchev–Trinajstić information content (AvgIpc) is 3.33. The molecular formula is C27H33ClN4O7S. The number of aliphatic hydroxyl groups is 1. The Hall–Kier alpha value is -3.35. The fourth-order valence-electron chi connectivity index (χ4n) is 4.81. The second-order valence-electron chi connectivity index (χ2n) is 9.37. The van der Waals surface area contributed by atoms with Gasteiger partial charge in [0.2, 0.25) is 0 Å². The van der Waals surface area contributed by atoms with Crippen LogP contribution in [0.3, 0.4) is 0 Å². The molecule has 2 heterocycles.